The molecule has 1 aliphatic rings. The summed E-state index contributed by atoms with van der Waals surface area (Å²) in [6, 6.07) is -0.0552. The summed E-state index contributed by atoms with van der Waals surface area (Å²) in [5.74, 6) is -1.55. The first-order valence-corrected chi connectivity index (χ1v) is 4.20. The van der Waals surface area contributed by atoms with Crippen molar-refractivity contribution in [3.63, 3.8) is 0 Å². The minimum Gasteiger partial charge on any atom is -0.462 e. The van der Waals surface area contributed by atoms with Gasteiger partial charge in [-0.25, -0.2) is 4.79 Å². The van der Waals surface area contributed by atoms with Crippen LogP contribution >= 0.6 is 0 Å². The zero-order valence-corrected chi connectivity index (χ0v) is 7.54. The maximum absolute atomic E-state index is 11.0. The number of amides is 1. The molecule has 5 heteroatoms. The molecule has 1 rings (SSSR count). The average molecular weight is 187 g/mol. The highest BCUT2D eigenvalue weighted by Crippen LogP contribution is 2.05. The Bertz CT molecular complexity index is 198. The molecule has 0 aromatic carbocycles. The highest BCUT2D eigenvalue weighted by molar-refractivity contribution is 6.32. The second-order valence-corrected chi connectivity index (χ2v) is 2.88. The van der Waals surface area contributed by atoms with Gasteiger partial charge in [0.15, 0.2) is 0 Å². The van der Waals surface area contributed by atoms with E-state index in [4.69, 9.17) is 4.74 Å². The van der Waals surface area contributed by atoms with Crippen LogP contribution in [-0.2, 0) is 19.1 Å². The third-order valence-electron chi connectivity index (χ3n) is 1.87. The largest absolute Gasteiger partial charge is 0.462 e. The first kappa shape index (κ1) is 9.98. The van der Waals surface area contributed by atoms with Crippen molar-refractivity contribution in [3.8, 4) is 0 Å². The van der Waals surface area contributed by atoms with Crippen LogP contribution in [0.15, 0.2) is 0 Å². The molecule has 5 nitrogen and oxygen atoms in total. The summed E-state index contributed by atoms with van der Waals surface area (Å²) >= 11 is 0. The molecule has 74 valence electrons. The lowest BCUT2D eigenvalue weighted by Gasteiger charge is -2.22. The summed E-state index contributed by atoms with van der Waals surface area (Å²) in [6.07, 6.45) is 1.76. The molecule has 0 aromatic heterocycles. The number of hydrogen-bond acceptors (Lipinski definition) is 4. The molecule has 0 radical (unpaired) electrons. The molecule has 1 unspecified atom stereocenters. The smallest absolute Gasteiger partial charge is 0.396 e. The first-order chi connectivity index (χ1) is 6.24. The van der Waals surface area contributed by atoms with Crippen LogP contribution in [0.1, 0.15) is 12.8 Å². The molecular weight excluding hydrogens is 174 g/mol. The third-order valence-corrected chi connectivity index (χ3v) is 1.87. The quantitative estimate of drug-likeness (QED) is 0.442. The van der Waals surface area contributed by atoms with Crippen LogP contribution < -0.4 is 5.32 Å². The van der Waals surface area contributed by atoms with E-state index in [9.17, 15) is 9.59 Å². The number of carbonyl (C=O) groups excluding carboxylic acids is 2. The number of carbonyl (C=O) groups is 2. The number of rotatable bonds is 1. The van der Waals surface area contributed by atoms with E-state index in [1.165, 1.54) is 7.11 Å². The van der Waals surface area contributed by atoms with E-state index in [0.717, 1.165) is 19.4 Å². The van der Waals surface area contributed by atoms with Crippen molar-refractivity contribution in [2.24, 2.45) is 0 Å². The summed E-state index contributed by atoms with van der Waals surface area (Å²) in [5, 5.41) is 2.53. The van der Waals surface area contributed by atoms with Crippen LogP contribution in [0.4, 0.5) is 0 Å². The average Bonchev–Trinajstić information content (AvgIpc) is 2.18. The fourth-order valence-electron chi connectivity index (χ4n) is 1.19. The summed E-state index contributed by atoms with van der Waals surface area (Å²) in [5.41, 5.74) is 0. The van der Waals surface area contributed by atoms with Crippen molar-refractivity contribution >= 4 is 11.9 Å². The Morgan fingerprint density at radius 1 is 1.54 bits per heavy atom. The van der Waals surface area contributed by atoms with Crippen LogP contribution in [0.25, 0.3) is 0 Å². The van der Waals surface area contributed by atoms with Gasteiger partial charge in [-0.1, -0.05) is 0 Å². The highest BCUT2D eigenvalue weighted by atomic mass is 16.5. The molecule has 1 aliphatic heterocycles. The van der Waals surface area contributed by atoms with Crippen molar-refractivity contribution in [1.82, 2.24) is 5.32 Å². The highest BCUT2D eigenvalue weighted by Gasteiger charge is 2.20. The predicted molar refractivity (Wildman–Crippen MR) is 44.0 cm³/mol. The number of methoxy groups -OCH3 is 1. The van der Waals surface area contributed by atoms with Crippen molar-refractivity contribution in [3.05, 3.63) is 0 Å². The van der Waals surface area contributed by atoms with E-state index in [2.05, 4.69) is 10.1 Å². The topological polar surface area (TPSA) is 64.6 Å². The molecular formula is C8H13NO4. The van der Waals surface area contributed by atoms with Crippen molar-refractivity contribution in [2.45, 2.75) is 18.9 Å². The monoisotopic (exact) mass is 187 g/mol. The molecule has 0 bridgehead atoms. The Kier molecular flexibility index (Phi) is 3.70. The molecule has 0 aromatic rings. The van der Waals surface area contributed by atoms with Gasteiger partial charge < -0.3 is 14.8 Å². The Hall–Kier alpha value is -1.10. The van der Waals surface area contributed by atoms with Gasteiger partial charge in [0, 0.05) is 6.61 Å². The standard InChI is InChI=1S/C8H13NO4/c1-12-8(11)7(10)9-6-3-2-4-13-5-6/h6H,2-5H2,1H3,(H,9,10). The van der Waals surface area contributed by atoms with Gasteiger partial charge in [0.05, 0.1) is 19.8 Å². The van der Waals surface area contributed by atoms with E-state index in [0.29, 0.717) is 6.61 Å². The summed E-state index contributed by atoms with van der Waals surface area (Å²) in [6.45, 7) is 1.20. The minimum atomic E-state index is -0.856. The summed E-state index contributed by atoms with van der Waals surface area (Å²) < 4.78 is 9.39. The summed E-state index contributed by atoms with van der Waals surface area (Å²) in [4.78, 5) is 21.7. The fraction of sp³-hybridized carbons (Fsp3) is 0.750. The van der Waals surface area contributed by atoms with E-state index in [-0.39, 0.29) is 6.04 Å². The third kappa shape index (κ3) is 3.02. The van der Waals surface area contributed by atoms with Gasteiger partial charge in [-0.15, -0.1) is 0 Å². The zero-order valence-electron chi connectivity index (χ0n) is 7.54. The lowest BCUT2D eigenvalue weighted by atomic mass is 10.1. The van der Waals surface area contributed by atoms with Gasteiger partial charge in [-0.2, -0.15) is 0 Å². The SMILES string of the molecule is COC(=O)C(=O)NC1CCCOC1. The molecule has 1 fully saturated rings. The normalized spacial score (nSPS) is 22.1. The maximum atomic E-state index is 11.0. The molecule has 0 spiro atoms. The fourth-order valence-corrected chi connectivity index (χ4v) is 1.19. The maximum Gasteiger partial charge on any atom is 0.396 e. The van der Waals surface area contributed by atoms with Crippen LogP contribution in [0.3, 0.4) is 0 Å². The van der Waals surface area contributed by atoms with E-state index < -0.39 is 11.9 Å². The Morgan fingerprint density at radius 2 is 2.31 bits per heavy atom. The minimum absolute atomic E-state index is 0.0552. The van der Waals surface area contributed by atoms with Crippen molar-refractivity contribution in [2.75, 3.05) is 20.3 Å². The number of ether oxygens (including phenoxy) is 2. The van der Waals surface area contributed by atoms with Crippen molar-refractivity contribution < 1.29 is 19.1 Å². The number of hydrogen-bond donors (Lipinski definition) is 1. The Balaban J connectivity index is 2.30. The number of esters is 1. The van der Waals surface area contributed by atoms with Crippen LogP contribution in [0, 0.1) is 0 Å². The van der Waals surface area contributed by atoms with Gasteiger partial charge >= 0.3 is 11.9 Å². The summed E-state index contributed by atoms with van der Waals surface area (Å²) in [7, 11) is 1.18. The van der Waals surface area contributed by atoms with E-state index in [1.807, 2.05) is 0 Å². The van der Waals surface area contributed by atoms with Crippen LogP contribution in [0.2, 0.25) is 0 Å². The molecule has 1 saturated heterocycles. The van der Waals surface area contributed by atoms with Crippen LogP contribution in [-0.4, -0.2) is 38.2 Å². The second kappa shape index (κ2) is 4.81. The lowest BCUT2D eigenvalue weighted by Crippen LogP contribution is -2.44. The van der Waals surface area contributed by atoms with E-state index >= 15 is 0 Å². The molecule has 0 saturated carbocycles. The van der Waals surface area contributed by atoms with Gasteiger partial charge in [-0.05, 0) is 12.8 Å². The first-order valence-electron chi connectivity index (χ1n) is 4.20. The Labute approximate surface area is 76.4 Å². The second-order valence-electron chi connectivity index (χ2n) is 2.88. The molecule has 0 aliphatic carbocycles. The number of nitrogens with one attached hydrogen (secondary N) is 1. The molecule has 1 N–H and O–H groups in total. The van der Waals surface area contributed by atoms with Gasteiger partial charge in [0.25, 0.3) is 0 Å². The van der Waals surface area contributed by atoms with Gasteiger partial charge in [0.1, 0.15) is 0 Å². The zero-order chi connectivity index (χ0) is 9.68. The van der Waals surface area contributed by atoms with Crippen LogP contribution in [0.5, 0.6) is 0 Å². The molecule has 1 atom stereocenters. The van der Waals surface area contributed by atoms with E-state index in [1.54, 1.807) is 0 Å². The predicted octanol–water partition coefficient (Wildman–Crippen LogP) is -0.545. The van der Waals surface area contributed by atoms with Gasteiger partial charge in [0.2, 0.25) is 0 Å². The molecule has 13 heavy (non-hydrogen) atoms. The van der Waals surface area contributed by atoms with Crippen molar-refractivity contribution in [1.29, 1.82) is 0 Å². The molecule has 1 heterocycles. The lowest BCUT2D eigenvalue weighted by molar-refractivity contribution is -0.153. The van der Waals surface area contributed by atoms with Gasteiger partial charge in [-0.3, -0.25) is 4.79 Å². The molecule has 1 amide bonds. The Morgan fingerprint density at radius 3 is 2.85 bits per heavy atom.